The number of aliphatic carboxylic acids is 1. The van der Waals surface area contributed by atoms with Crippen molar-refractivity contribution in [1.82, 2.24) is 0 Å². The van der Waals surface area contributed by atoms with Crippen LogP contribution in [0.3, 0.4) is 0 Å². The van der Waals surface area contributed by atoms with Gasteiger partial charge in [-0.2, -0.15) is 0 Å². The summed E-state index contributed by atoms with van der Waals surface area (Å²) in [5.41, 5.74) is 0.0671. The van der Waals surface area contributed by atoms with Crippen LogP contribution >= 0.6 is 0 Å². The number of rotatable bonds is 3. The van der Waals surface area contributed by atoms with Gasteiger partial charge in [0.25, 0.3) is 0 Å². The molecular weight excluding hydrogens is 120 g/mol. The van der Waals surface area contributed by atoms with E-state index in [0.717, 1.165) is 0 Å². The summed E-state index contributed by atoms with van der Waals surface area (Å²) in [6.45, 7) is 1.43. The number of allylic oxidation sites excluding steroid dienone is 1. The van der Waals surface area contributed by atoms with Gasteiger partial charge in [-0.15, -0.1) is 0 Å². The Morgan fingerprint density at radius 1 is 1.67 bits per heavy atom. The summed E-state index contributed by atoms with van der Waals surface area (Å²) >= 11 is 0. The molecule has 9 heavy (non-hydrogen) atoms. The topological polar surface area (TPSA) is 57.5 Å². The smallest absolute Gasteiger partial charge is 0.333 e. The Labute approximate surface area is 53.6 Å². The van der Waals surface area contributed by atoms with Crippen molar-refractivity contribution < 1.29 is 15.0 Å². The third-order valence-corrected chi connectivity index (χ3v) is 0.896. The molecule has 0 spiro atoms. The molecule has 3 nitrogen and oxygen atoms in total. The number of carboxylic acid groups (broad SMARTS) is 1. The molecule has 0 radical (unpaired) electrons. The summed E-state index contributed by atoms with van der Waals surface area (Å²) in [7, 11) is 0. The summed E-state index contributed by atoms with van der Waals surface area (Å²) in [6, 6.07) is 0. The first-order valence-electron chi connectivity index (χ1n) is 2.75. The lowest BCUT2D eigenvalue weighted by Crippen LogP contribution is -2.04. The van der Waals surface area contributed by atoms with Gasteiger partial charge in [-0.1, -0.05) is 13.0 Å². The van der Waals surface area contributed by atoms with E-state index in [1.807, 2.05) is 6.92 Å². The van der Waals surface area contributed by atoms with E-state index in [-0.39, 0.29) is 12.2 Å². The second-order valence-electron chi connectivity index (χ2n) is 1.60. The molecule has 0 saturated heterocycles. The van der Waals surface area contributed by atoms with E-state index in [4.69, 9.17) is 10.2 Å². The van der Waals surface area contributed by atoms with Crippen molar-refractivity contribution >= 4 is 5.97 Å². The maximum Gasteiger partial charge on any atom is 0.333 e. The van der Waals surface area contributed by atoms with Crippen LogP contribution in [-0.2, 0) is 4.79 Å². The molecule has 0 aromatic heterocycles. The molecule has 0 aliphatic rings. The molecule has 0 atom stereocenters. The summed E-state index contributed by atoms with van der Waals surface area (Å²) in [5.74, 6) is -1.04. The van der Waals surface area contributed by atoms with Crippen LogP contribution in [0, 0.1) is 0 Å². The molecule has 3 heteroatoms. The molecule has 0 rings (SSSR count). The molecule has 0 amide bonds. The Morgan fingerprint density at radius 2 is 2.22 bits per heavy atom. The fraction of sp³-hybridized carbons (Fsp3) is 0.500. The van der Waals surface area contributed by atoms with Crippen LogP contribution in [0.4, 0.5) is 0 Å². The van der Waals surface area contributed by atoms with Crippen LogP contribution in [-0.4, -0.2) is 22.8 Å². The first kappa shape index (κ1) is 8.17. The highest BCUT2D eigenvalue weighted by Crippen LogP contribution is 1.93. The van der Waals surface area contributed by atoms with Crippen LogP contribution in [0.15, 0.2) is 11.6 Å². The number of aliphatic hydroxyl groups excluding tert-OH is 1. The number of hydrogen-bond acceptors (Lipinski definition) is 2. The number of carboxylic acids is 1. The first-order chi connectivity index (χ1) is 4.22. The Kier molecular flexibility index (Phi) is 3.71. The summed E-state index contributed by atoms with van der Waals surface area (Å²) in [6.07, 6.45) is 2.13. The average Bonchev–Trinajstić information content (AvgIpc) is 1.82. The zero-order valence-corrected chi connectivity index (χ0v) is 5.29. The van der Waals surface area contributed by atoms with E-state index in [1.165, 1.54) is 6.08 Å². The molecule has 2 N–H and O–H groups in total. The van der Waals surface area contributed by atoms with Gasteiger partial charge in [0.2, 0.25) is 0 Å². The maximum atomic E-state index is 10.1. The molecular formula is C6H10O3. The molecule has 0 aromatic rings. The lowest BCUT2D eigenvalue weighted by molar-refractivity contribution is -0.133. The summed E-state index contributed by atoms with van der Waals surface area (Å²) in [4.78, 5) is 10.1. The highest BCUT2D eigenvalue weighted by atomic mass is 16.4. The third kappa shape index (κ3) is 2.87. The van der Waals surface area contributed by atoms with Crippen molar-refractivity contribution in [3.05, 3.63) is 11.6 Å². The number of aliphatic hydroxyl groups is 1. The van der Waals surface area contributed by atoms with Crippen LogP contribution < -0.4 is 0 Å². The maximum absolute atomic E-state index is 10.1. The van der Waals surface area contributed by atoms with Crippen molar-refractivity contribution in [1.29, 1.82) is 0 Å². The molecule has 0 saturated carbocycles. The van der Waals surface area contributed by atoms with Gasteiger partial charge in [0.15, 0.2) is 0 Å². The molecule has 0 fully saturated rings. The molecule has 0 bridgehead atoms. The standard InChI is InChI=1S/C6H10O3/c1-2-3-5(4-7)6(8)9/h3,7H,2,4H2,1H3,(H,8,9). The number of carbonyl (C=O) groups is 1. The largest absolute Gasteiger partial charge is 0.478 e. The first-order valence-corrected chi connectivity index (χ1v) is 2.75. The zero-order chi connectivity index (χ0) is 7.28. The predicted molar refractivity (Wildman–Crippen MR) is 33.1 cm³/mol. The molecule has 52 valence electrons. The van der Waals surface area contributed by atoms with Gasteiger partial charge < -0.3 is 10.2 Å². The molecule has 0 aromatic carbocycles. The van der Waals surface area contributed by atoms with Crippen molar-refractivity contribution in [2.45, 2.75) is 13.3 Å². The fourth-order valence-corrected chi connectivity index (χ4v) is 0.466. The van der Waals surface area contributed by atoms with Crippen LogP contribution in [0.5, 0.6) is 0 Å². The van der Waals surface area contributed by atoms with E-state index >= 15 is 0 Å². The monoisotopic (exact) mass is 130 g/mol. The van der Waals surface area contributed by atoms with Crippen molar-refractivity contribution in [3.8, 4) is 0 Å². The highest BCUT2D eigenvalue weighted by Gasteiger charge is 2.01. The lowest BCUT2D eigenvalue weighted by Gasteiger charge is -1.92. The lowest BCUT2D eigenvalue weighted by atomic mass is 10.2. The van der Waals surface area contributed by atoms with Gasteiger partial charge in [-0.25, -0.2) is 4.79 Å². The van der Waals surface area contributed by atoms with Crippen LogP contribution in [0.25, 0.3) is 0 Å². The minimum absolute atomic E-state index is 0.0671. The quantitative estimate of drug-likeness (QED) is 0.543. The molecule has 0 heterocycles. The Bertz CT molecular complexity index is 126. The van der Waals surface area contributed by atoms with Crippen molar-refractivity contribution in [2.75, 3.05) is 6.61 Å². The molecule has 0 aliphatic carbocycles. The van der Waals surface area contributed by atoms with E-state index in [9.17, 15) is 4.79 Å². The van der Waals surface area contributed by atoms with E-state index < -0.39 is 5.97 Å². The SMILES string of the molecule is CCC=C(CO)C(=O)O. The Morgan fingerprint density at radius 3 is 2.33 bits per heavy atom. The molecule has 0 unspecified atom stereocenters. The van der Waals surface area contributed by atoms with Crippen molar-refractivity contribution in [3.63, 3.8) is 0 Å². The average molecular weight is 130 g/mol. The van der Waals surface area contributed by atoms with Crippen molar-refractivity contribution in [2.24, 2.45) is 0 Å². The second-order valence-corrected chi connectivity index (χ2v) is 1.60. The van der Waals surface area contributed by atoms with Gasteiger partial charge in [-0.3, -0.25) is 0 Å². The normalized spacial score (nSPS) is 11.6. The Hall–Kier alpha value is -0.830. The van der Waals surface area contributed by atoms with Gasteiger partial charge in [-0.05, 0) is 6.42 Å². The minimum atomic E-state index is -1.04. The van der Waals surface area contributed by atoms with Gasteiger partial charge >= 0.3 is 5.97 Å². The second kappa shape index (κ2) is 4.09. The van der Waals surface area contributed by atoms with E-state index in [0.29, 0.717) is 6.42 Å². The molecule has 0 aliphatic heterocycles. The van der Waals surface area contributed by atoms with Crippen LogP contribution in [0.2, 0.25) is 0 Å². The third-order valence-electron chi connectivity index (χ3n) is 0.896. The Balaban J connectivity index is 3.98. The van der Waals surface area contributed by atoms with E-state index in [2.05, 4.69) is 0 Å². The van der Waals surface area contributed by atoms with Gasteiger partial charge in [0.05, 0.1) is 12.2 Å². The zero-order valence-electron chi connectivity index (χ0n) is 5.29. The number of hydrogen-bond donors (Lipinski definition) is 2. The van der Waals surface area contributed by atoms with E-state index in [1.54, 1.807) is 0 Å². The van der Waals surface area contributed by atoms with Gasteiger partial charge in [0, 0.05) is 0 Å². The highest BCUT2D eigenvalue weighted by molar-refractivity contribution is 5.86. The summed E-state index contributed by atoms with van der Waals surface area (Å²) < 4.78 is 0. The minimum Gasteiger partial charge on any atom is -0.478 e. The fourth-order valence-electron chi connectivity index (χ4n) is 0.466. The van der Waals surface area contributed by atoms with Gasteiger partial charge in [0.1, 0.15) is 0 Å². The van der Waals surface area contributed by atoms with Crippen LogP contribution in [0.1, 0.15) is 13.3 Å². The summed E-state index contributed by atoms with van der Waals surface area (Å²) in [5, 5.41) is 16.7. The predicted octanol–water partition coefficient (Wildman–Crippen LogP) is 0.400.